The third-order valence-electron chi connectivity index (χ3n) is 4.66. The molecule has 3 aromatic rings. The first kappa shape index (κ1) is 15.4. The molecule has 0 saturated carbocycles. The summed E-state index contributed by atoms with van der Waals surface area (Å²) in [6.07, 6.45) is 1.79. The van der Waals surface area contributed by atoms with Crippen LogP contribution in [0.25, 0.3) is 10.9 Å². The molecule has 0 aliphatic carbocycles. The molecular weight excluding hydrogens is 312 g/mol. The van der Waals surface area contributed by atoms with Crippen LogP contribution < -0.4 is 5.32 Å². The Bertz CT molecular complexity index is 993. The molecule has 2 heterocycles. The maximum Gasteiger partial charge on any atom is 0.336 e. The van der Waals surface area contributed by atoms with Crippen LogP contribution >= 0.6 is 0 Å². The van der Waals surface area contributed by atoms with Gasteiger partial charge in [0.05, 0.1) is 23.9 Å². The largest absolute Gasteiger partial charge is 0.466 e. The quantitative estimate of drug-likeness (QED) is 0.714. The molecular formula is C21H18N2O2. The maximum absolute atomic E-state index is 12.5. The number of ether oxygens (including phenoxy) is 1. The summed E-state index contributed by atoms with van der Waals surface area (Å²) in [6.45, 7) is 1.91. The minimum atomic E-state index is -0.314. The number of allylic oxidation sites excluding steroid dienone is 1. The molecule has 0 saturated heterocycles. The lowest BCUT2D eigenvalue weighted by molar-refractivity contribution is -0.136. The molecule has 0 fully saturated rings. The van der Waals surface area contributed by atoms with Crippen LogP contribution in [0.1, 0.15) is 24.0 Å². The lowest BCUT2D eigenvalue weighted by Crippen LogP contribution is -2.24. The van der Waals surface area contributed by atoms with Crippen molar-refractivity contribution in [2.45, 2.75) is 12.8 Å². The summed E-state index contributed by atoms with van der Waals surface area (Å²) in [4.78, 5) is 17.0. The fourth-order valence-electron chi connectivity index (χ4n) is 3.53. The molecule has 0 radical (unpaired) electrons. The van der Waals surface area contributed by atoms with Gasteiger partial charge in [-0.2, -0.15) is 0 Å². The number of carbonyl (C=O) groups excluding carboxylic acids is 1. The van der Waals surface area contributed by atoms with Crippen molar-refractivity contribution in [2.75, 3.05) is 12.4 Å². The Kier molecular flexibility index (Phi) is 3.73. The van der Waals surface area contributed by atoms with E-state index in [4.69, 9.17) is 4.74 Å². The highest BCUT2D eigenvalue weighted by Crippen LogP contribution is 2.44. The second-order valence-electron chi connectivity index (χ2n) is 6.10. The zero-order chi connectivity index (χ0) is 17.4. The van der Waals surface area contributed by atoms with Crippen LogP contribution in [0.2, 0.25) is 0 Å². The summed E-state index contributed by atoms with van der Waals surface area (Å²) in [5.41, 5.74) is 5.38. The van der Waals surface area contributed by atoms with E-state index in [1.165, 1.54) is 7.11 Å². The van der Waals surface area contributed by atoms with Crippen molar-refractivity contribution < 1.29 is 9.53 Å². The van der Waals surface area contributed by atoms with Crippen LogP contribution in [0.3, 0.4) is 0 Å². The molecule has 1 unspecified atom stereocenters. The normalized spacial score (nSPS) is 16.3. The van der Waals surface area contributed by atoms with Gasteiger partial charge in [-0.3, -0.25) is 4.98 Å². The van der Waals surface area contributed by atoms with Crippen molar-refractivity contribution in [1.29, 1.82) is 0 Å². The number of nitrogens with zero attached hydrogens (tertiary/aromatic N) is 1. The van der Waals surface area contributed by atoms with Crippen molar-refractivity contribution in [3.63, 3.8) is 0 Å². The number of pyridine rings is 1. The minimum Gasteiger partial charge on any atom is -0.466 e. The van der Waals surface area contributed by atoms with Crippen molar-refractivity contribution in [2.24, 2.45) is 0 Å². The van der Waals surface area contributed by atoms with E-state index in [0.29, 0.717) is 5.57 Å². The van der Waals surface area contributed by atoms with E-state index >= 15 is 0 Å². The number of anilines is 1. The SMILES string of the molecule is COC(=O)C1=C(C)Nc2c(ccc3cccnc23)C1c1ccccc1. The number of nitrogens with one attached hydrogen (secondary N) is 1. The van der Waals surface area contributed by atoms with E-state index in [9.17, 15) is 4.79 Å². The molecule has 1 aromatic heterocycles. The topological polar surface area (TPSA) is 51.2 Å². The number of benzene rings is 2. The molecule has 4 nitrogen and oxygen atoms in total. The average Bonchev–Trinajstić information content (AvgIpc) is 2.67. The third kappa shape index (κ3) is 2.47. The van der Waals surface area contributed by atoms with Crippen LogP contribution in [0.15, 0.2) is 72.1 Å². The van der Waals surface area contributed by atoms with Gasteiger partial charge in [-0.25, -0.2) is 4.79 Å². The molecule has 25 heavy (non-hydrogen) atoms. The summed E-state index contributed by atoms with van der Waals surface area (Å²) < 4.78 is 5.06. The molecule has 1 aliphatic heterocycles. The van der Waals surface area contributed by atoms with Gasteiger partial charge in [0.2, 0.25) is 0 Å². The minimum absolute atomic E-state index is 0.184. The van der Waals surface area contributed by atoms with Crippen LogP contribution in [0.5, 0.6) is 0 Å². The van der Waals surface area contributed by atoms with Gasteiger partial charge >= 0.3 is 5.97 Å². The van der Waals surface area contributed by atoms with Crippen molar-refractivity contribution in [3.8, 4) is 0 Å². The number of hydrogen-bond donors (Lipinski definition) is 1. The number of aromatic nitrogens is 1. The number of carbonyl (C=O) groups is 1. The lowest BCUT2D eigenvalue weighted by Gasteiger charge is -2.30. The predicted octanol–water partition coefficient (Wildman–Crippen LogP) is 4.24. The Labute approximate surface area is 146 Å². The van der Waals surface area contributed by atoms with Crippen LogP contribution in [-0.2, 0) is 9.53 Å². The Morgan fingerprint density at radius 2 is 1.88 bits per heavy atom. The fraction of sp³-hybridized carbons (Fsp3) is 0.143. The average molecular weight is 330 g/mol. The molecule has 0 bridgehead atoms. The van der Waals surface area contributed by atoms with Gasteiger partial charge in [0, 0.05) is 23.2 Å². The summed E-state index contributed by atoms with van der Waals surface area (Å²) in [5, 5.41) is 4.45. The smallest absolute Gasteiger partial charge is 0.336 e. The second-order valence-corrected chi connectivity index (χ2v) is 6.10. The first-order valence-corrected chi connectivity index (χ1v) is 8.19. The summed E-state index contributed by atoms with van der Waals surface area (Å²) >= 11 is 0. The summed E-state index contributed by atoms with van der Waals surface area (Å²) in [5.74, 6) is -0.498. The number of rotatable bonds is 2. The monoisotopic (exact) mass is 330 g/mol. The molecule has 1 atom stereocenters. The Morgan fingerprint density at radius 3 is 2.64 bits per heavy atom. The summed E-state index contributed by atoms with van der Waals surface area (Å²) in [7, 11) is 1.42. The first-order chi connectivity index (χ1) is 12.2. The van der Waals surface area contributed by atoms with E-state index in [-0.39, 0.29) is 11.9 Å². The number of methoxy groups -OCH3 is 1. The van der Waals surface area contributed by atoms with Gasteiger partial charge in [-0.05, 0) is 24.1 Å². The molecule has 4 rings (SSSR count). The van der Waals surface area contributed by atoms with Gasteiger partial charge < -0.3 is 10.1 Å². The molecule has 124 valence electrons. The van der Waals surface area contributed by atoms with Crippen molar-refractivity contribution >= 4 is 22.6 Å². The molecule has 1 N–H and O–H groups in total. The number of fused-ring (bicyclic) bond motifs is 3. The molecule has 1 aliphatic rings. The van der Waals surface area contributed by atoms with E-state index < -0.39 is 0 Å². The van der Waals surface area contributed by atoms with Crippen molar-refractivity contribution in [3.05, 3.63) is 83.2 Å². The Morgan fingerprint density at radius 1 is 1.08 bits per heavy atom. The highest BCUT2D eigenvalue weighted by molar-refractivity contribution is 6.00. The van der Waals surface area contributed by atoms with Crippen LogP contribution in [0.4, 0.5) is 5.69 Å². The zero-order valence-electron chi connectivity index (χ0n) is 14.1. The van der Waals surface area contributed by atoms with E-state index in [0.717, 1.165) is 33.4 Å². The predicted molar refractivity (Wildman–Crippen MR) is 98.4 cm³/mol. The van der Waals surface area contributed by atoms with Gasteiger partial charge in [0.15, 0.2) is 0 Å². The van der Waals surface area contributed by atoms with E-state index in [1.54, 1.807) is 6.20 Å². The van der Waals surface area contributed by atoms with Gasteiger partial charge in [-0.15, -0.1) is 0 Å². The molecule has 2 aromatic carbocycles. The highest BCUT2D eigenvalue weighted by Gasteiger charge is 2.33. The third-order valence-corrected chi connectivity index (χ3v) is 4.66. The second kappa shape index (κ2) is 6.06. The maximum atomic E-state index is 12.5. The first-order valence-electron chi connectivity index (χ1n) is 8.19. The van der Waals surface area contributed by atoms with Gasteiger partial charge in [0.25, 0.3) is 0 Å². The van der Waals surface area contributed by atoms with Crippen LogP contribution in [-0.4, -0.2) is 18.1 Å². The Balaban J connectivity index is 2.01. The number of hydrogen-bond acceptors (Lipinski definition) is 4. The van der Waals surface area contributed by atoms with E-state index in [1.807, 2.05) is 55.5 Å². The lowest BCUT2D eigenvalue weighted by atomic mass is 9.80. The van der Waals surface area contributed by atoms with Gasteiger partial charge in [0.1, 0.15) is 0 Å². The molecule has 0 spiro atoms. The zero-order valence-corrected chi connectivity index (χ0v) is 14.1. The van der Waals surface area contributed by atoms with Gasteiger partial charge in [-0.1, -0.05) is 48.5 Å². The summed E-state index contributed by atoms with van der Waals surface area (Å²) in [6, 6.07) is 18.1. The van der Waals surface area contributed by atoms with Crippen molar-refractivity contribution in [1.82, 2.24) is 4.98 Å². The van der Waals surface area contributed by atoms with Crippen LogP contribution in [0, 0.1) is 0 Å². The number of esters is 1. The standard InChI is InChI=1S/C21H18N2O2/c1-13-17(21(24)25-2)18(14-7-4-3-5-8-14)16-11-10-15-9-6-12-22-19(15)20(16)23-13/h3-12,18,23H,1-2H3. The molecule has 4 heteroatoms. The Hall–Kier alpha value is -3.14. The fourth-order valence-corrected chi connectivity index (χ4v) is 3.53. The highest BCUT2D eigenvalue weighted by atomic mass is 16.5. The molecule has 0 amide bonds. The van der Waals surface area contributed by atoms with E-state index in [2.05, 4.69) is 16.4 Å².